The average Bonchev–Trinajstić information content (AvgIpc) is 3.08. The predicted octanol–water partition coefficient (Wildman–Crippen LogP) is 5.47. The van der Waals surface area contributed by atoms with Crippen LogP contribution in [0.15, 0.2) is 121 Å². The van der Waals surface area contributed by atoms with E-state index < -0.39 is 36.6 Å². The molecule has 6 atom stereocenters. The molecule has 7 heteroatoms. The molecule has 5 rings (SSSR count). The molecule has 7 nitrogen and oxygen atoms in total. The van der Waals surface area contributed by atoms with Gasteiger partial charge in [0, 0.05) is 6.42 Å². The smallest absolute Gasteiger partial charge is 0.115 e. The number of aliphatic hydroxyl groups is 2. The van der Waals surface area contributed by atoms with Crippen LogP contribution in [-0.2, 0) is 50.1 Å². The molecule has 1 saturated heterocycles. The van der Waals surface area contributed by atoms with Crippen molar-refractivity contribution in [2.24, 2.45) is 0 Å². The van der Waals surface area contributed by atoms with E-state index in [0.29, 0.717) is 26.4 Å². The molecule has 4 aromatic carbocycles. The van der Waals surface area contributed by atoms with Crippen molar-refractivity contribution in [2.45, 2.75) is 69.5 Å². The summed E-state index contributed by atoms with van der Waals surface area (Å²) in [5.74, 6) is 0. The fourth-order valence-electron chi connectivity index (χ4n) is 5.42. The van der Waals surface area contributed by atoms with E-state index in [4.69, 9.17) is 23.7 Å². The molecule has 1 aliphatic rings. The van der Waals surface area contributed by atoms with Crippen molar-refractivity contribution in [3.8, 4) is 0 Å². The monoisotopic (exact) mass is 598 g/mol. The molecule has 4 aromatic rings. The topological polar surface area (TPSA) is 86.6 Å². The summed E-state index contributed by atoms with van der Waals surface area (Å²) in [4.78, 5) is 0. The van der Waals surface area contributed by atoms with Gasteiger partial charge < -0.3 is 33.9 Å². The summed E-state index contributed by atoms with van der Waals surface area (Å²) in [6.45, 7) is 1.30. The van der Waals surface area contributed by atoms with E-state index in [1.807, 2.05) is 121 Å². The van der Waals surface area contributed by atoms with Crippen molar-refractivity contribution in [3.05, 3.63) is 144 Å². The molecule has 232 valence electrons. The highest BCUT2D eigenvalue weighted by molar-refractivity contribution is 5.16. The third-order valence-electron chi connectivity index (χ3n) is 7.69. The highest BCUT2D eigenvalue weighted by atomic mass is 16.6. The van der Waals surface area contributed by atoms with Crippen LogP contribution in [0.2, 0.25) is 0 Å². The Morgan fingerprint density at radius 2 is 0.909 bits per heavy atom. The first-order valence-electron chi connectivity index (χ1n) is 15.2. The molecule has 0 unspecified atom stereocenters. The van der Waals surface area contributed by atoms with Crippen LogP contribution in [0.3, 0.4) is 0 Å². The summed E-state index contributed by atoms with van der Waals surface area (Å²) in [5.41, 5.74) is 4.10. The van der Waals surface area contributed by atoms with E-state index in [2.05, 4.69) is 0 Å². The summed E-state index contributed by atoms with van der Waals surface area (Å²) >= 11 is 0. The lowest BCUT2D eigenvalue weighted by molar-refractivity contribution is -0.276. The van der Waals surface area contributed by atoms with Crippen LogP contribution >= 0.6 is 0 Å². The maximum absolute atomic E-state index is 10.5. The van der Waals surface area contributed by atoms with Crippen LogP contribution in [0.5, 0.6) is 0 Å². The van der Waals surface area contributed by atoms with Gasteiger partial charge >= 0.3 is 0 Å². The molecule has 0 aliphatic carbocycles. The molecule has 1 aliphatic heterocycles. The van der Waals surface area contributed by atoms with Crippen LogP contribution in [0.25, 0.3) is 0 Å². The summed E-state index contributed by atoms with van der Waals surface area (Å²) in [5, 5.41) is 20.3. The molecule has 0 radical (unpaired) electrons. The molecule has 0 spiro atoms. The average molecular weight is 599 g/mol. The van der Waals surface area contributed by atoms with Gasteiger partial charge in [0.2, 0.25) is 0 Å². The third-order valence-corrected chi connectivity index (χ3v) is 7.69. The predicted molar refractivity (Wildman–Crippen MR) is 168 cm³/mol. The lowest BCUT2D eigenvalue weighted by Crippen LogP contribution is -2.61. The van der Waals surface area contributed by atoms with Gasteiger partial charge in [-0.15, -0.1) is 0 Å². The summed E-state index contributed by atoms with van der Waals surface area (Å²) in [7, 11) is 0. The Labute approximate surface area is 259 Å². The van der Waals surface area contributed by atoms with E-state index >= 15 is 0 Å². The molecule has 0 aromatic heterocycles. The van der Waals surface area contributed by atoms with Crippen LogP contribution < -0.4 is 0 Å². The molecular formula is C37H42O7. The van der Waals surface area contributed by atoms with Gasteiger partial charge in [-0.3, -0.25) is 0 Å². The van der Waals surface area contributed by atoms with Gasteiger partial charge in [-0.1, -0.05) is 121 Å². The van der Waals surface area contributed by atoms with Gasteiger partial charge in [-0.05, 0) is 22.3 Å². The standard InChI is InChI=1S/C37H42O7/c38-22-32(39)21-33-35(41-24-29-15-7-2-8-16-29)37(43-26-31-19-11-4-12-20-31)36(42-25-30-17-9-3-10-18-30)34(44-33)27-40-23-28-13-5-1-6-14-28/h1-20,32-39H,21-27H2/t32-,33+,34+,35-,36+,37+/m0/s1. The van der Waals surface area contributed by atoms with Crippen molar-refractivity contribution in [1.82, 2.24) is 0 Å². The van der Waals surface area contributed by atoms with Gasteiger partial charge in [0.05, 0.1) is 51.8 Å². The molecule has 0 saturated carbocycles. The zero-order valence-corrected chi connectivity index (χ0v) is 24.9. The Bertz CT molecular complexity index is 1320. The lowest BCUT2D eigenvalue weighted by Gasteiger charge is -2.46. The first kappa shape index (κ1) is 32.0. The summed E-state index contributed by atoms with van der Waals surface area (Å²) in [6, 6.07) is 39.9. The number of hydrogen-bond acceptors (Lipinski definition) is 7. The Morgan fingerprint density at radius 1 is 0.523 bits per heavy atom. The van der Waals surface area contributed by atoms with Gasteiger partial charge in [0.25, 0.3) is 0 Å². The van der Waals surface area contributed by atoms with Gasteiger partial charge in [-0.2, -0.15) is 0 Å². The highest BCUT2D eigenvalue weighted by Gasteiger charge is 2.48. The van der Waals surface area contributed by atoms with Crippen molar-refractivity contribution >= 4 is 0 Å². The zero-order chi connectivity index (χ0) is 30.4. The SMILES string of the molecule is OC[C@@H](O)C[C@H]1O[C@H](COCc2ccccc2)[C@@H](OCc2ccccc2)[C@H](OCc2ccccc2)[C@H]1OCc1ccccc1. The molecular weight excluding hydrogens is 556 g/mol. The first-order valence-corrected chi connectivity index (χ1v) is 15.2. The quantitative estimate of drug-likeness (QED) is 0.177. The minimum Gasteiger partial charge on any atom is -0.394 e. The Hall–Kier alpha value is -3.40. The summed E-state index contributed by atoms with van der Waals surface area (Å²) < 4.78 is 32.7. The Balaban J connectivity index is 1.43. The second kappa shape index (κ2) is 17.2. The third kappa shape index (κ3) is 9.55. The zero-order valence-electron chi connectivity index (χ0n) is 24.9. The van der Waals surface area contributed by atoms with Crippen LogP contribution in [-0.4, -0.2) is 60.1 Å². The number of rotatable bonds is 16. The van der Waals surface area contributed by atoms with Crippen molar-refractivity contribution < 1.29 is 33.9 Å². The second-order valence-corrected chi connectivity index (χ2v) is 11.1. The van der Waals surface area contributed by atoms with E-state index in [9.17, 15) is 10.2 Å². The largest absolute Gasteiger partial charge is 0.394 e. The van der Waals surface area contributed by atoms with E-state index in [1.165, 1.54) is 0 Å². The van der Waals surface area contributed by atoms with Crippen molar-refractivity contribution in [2.75, 3.05) is 13.2 Å². The maximum Gasteiger partial charge on any atom is 0.115 e. The van der Waals surface area contributed by atoms with Gasteiger partial charge in [-0.25, -0.2) is 0 Å². The fourth-order valence-corrected chi connectivity index (χ4v) is 5.42. The number of hydrogen-bond donors (Lipinski definition) is 2. The molecule has 1 heterocycles. The summed E-state index contributed by atoms with van der Waals surface area (Å²) in [6.07, 6.45) is -3.60. The molecule has 2 N–H and O–H groups in total. The second-order valence-electron chi connectivity index (χ2n) is 11.1. The van der Waals surface area contributed by atoms with Crippen molar-refractivity contribution in [3.63, 3.8) is 0 Å². The molecule has 0 amide bonds. The lowest BCUT2D eigenvalue weighted by atomic mass is 9.91. The first-order chi connectivity index (χ1) is 21.7. The Morgan fingerprint density at radius 3 is 1.34 bits per heavy atom. The van der Waals surface area contributed by atoms with Crippen molar-refractivity contribution in [1.29, 1.82) is 0 Å². The highest BCUT2D eigenvalue weighted by Crippen LogP contribution is 2.33. The fraction of sp³-hybridized carbons (Fsp3) is 0.351. The van der Waals surface area contributed by atoms with E-state index in [-0.39, 0.29) is 19.6 Å². The van der Waals surface area contributed by atoms with Gasteiger partial charge in [0.1, 0.15) is 24.4 Å². The Kier molecular flexibility index (Phi) is 12.5. The number of aliphatic hydroxyl groups excluding tert-OH is 2. The minimum atomic E-state index is -0.981. The number of benzene rings is 4. The molecule has 1 fully saturated rings. The minimum absolute atomic E-state index is 0.168. The van der Waals surface area contributed by atoms with Gasteiger partial charge in [0.15, 0.2) is 0 Å². The van der Waals surface area contributed by atoms with Crippen LogP contribution in [0.4, 0.5) is 0 Å². The maximum atomic E-state index is 10.5. The normalized spacial score (nSPS) is 22.5. The van der Waals surface area contributed by atoms with Crippen LogP contribution in [0, 0.1) is 0 Å². The van der Waals surface area contributed by atoms with E-state index in [1.54, 1.807) is 0 Å². The van der Waals surface area contributed by atoms with Crippen LogP contribution in [0.1, 0.15) is 28.7 Å². The molecule has 0 bridgehead atoms. The van der Waals surface area contributed by atoms with E-state index in [0.717, 1.165) is 22.3 Å². The molecule has 44 heavy (non-hydrogen) atoms. The number of ether oxygens (including phenoxy) is 5.